The number of H-pyrrole nitrogens is 1. The maximum Gasteiger partial charge on any atom is 0.120 e. The van der Waals surface area contributed by atoms with Crippen molar-refractivity contribution in [2.24, 2.45) is 0 Å². The second-order valence-electron chi connectivity index (χ2n) is 3.21. The number of aromatic nitrogens is 2. The molecule has 1 aromatic carbocycles. The number of aryl methyl sites for hydroxylation is 1. The molecule has 0 aliphatic heterocycles. The van der Waals surface area contributed by atoms with Gasteiger partial charge in [-0.1, -0.05) is 12.1 Å². The lowest BCUT2D eigenvalue weighted by Crippen LogP contribution is -1.93. The lowest BCUT2D eigenvalue weighted by molar-refractivity contribution is 0.306. The molecule has 0 unspecified atom stereocenters. The zero-order valence-corrected chi connectivity index (χ0v) is 8.03. The number of hydrogen-bond acceptors (Lipinski definition) is 2. The Morgan fingerprint density at radius 1 is 1.43 bits per heavy atom. The van der Waals surface area contributed by atoms with Crippen molar-refractivity contribution in [3.63, 3.8) is 0 Å². The minimum atomic E-state index is 0.556. The number of benzene rings is 1. The Labute approximate surface area is 82.7 Å². The predicted molar refractivity (Wildman–Crippen MR) is 54.1 cm³/mol. The van der Waals surface area contributed by atoms with Gasteiger partial charge in [-0.05, 0) is 24.6 Å². The van der Waals surface area contributed by atoms with Gasteiger partial charge in [-0.25, -0.2) is 0 Å². The zero-order valence-electron chi connectivity index (χ0n) is 8.03. The summed E-state index contributed by atoms with van der Waals surface area (Å²) >= 11 is 0. The molecule has 0 atom stereocenters. The van der Waals surface area contributed by atoms with Crippen molar-refractivity contribution >= 4 is 0 Å². The molecule has 14 heavy (non-hydrogen) atoms. The lowest BCUT2D eigenvalue weighted by Gasteiger charge is -2.04. The summed E-state index contributed by atoms with van der Waals surface area (Å²) in [6, 6.07) is 8.00. The van der Waals surface area contributed by atoms with Gasteiger partial charge in [0.25, 0.3) is 0 Å². The third kappa shape index (κ3) is 2.13. The number of nitrogens with one attached hydrogen (secondary N) is 1. The smallest absolute Gasteiger partial charge is 0.120 e. The van der Waals surface area contributed by atoms with Crippen LogP contribution in [0, 0.1) is 6.92 Å². The molecular formula is C11H12N2O. The van der Waals surface area contributed by atoms with Gasteiger partial charge >= 0.3 is 0 Å². The molecule has 1 N–H and O–H groups in total. The van der Waals surface area contributed by atoms with Gasteiger partial charge in [0.2, 0.25) is 0 Å². The summed E-state index contributed by atoms with van der Waals surface area (Å²) in [6.45, 7) is 2.60. The van der Waals surface area contributed by atoms with Crippen LogP contribution in [0.2, 0.25) is 0 Å². The second kappa shape index (κ2) is 3.96. The molecule has 0 aliphatic rings. The second-order valence-corrected chi connectivity index (χ2v) is 3.21. The Balaban J connectivity index is 1.98. The summed E-state index contributed by atoms with van der Waals surface area (Å²) in [5, 5.41) is 6.59. The standard InChI is InChI=1S/C11H12N2O/c1-9-3-2-4-11(5-9)14-8-10-6-12-13-7-10/h2-7H,8H2,1H3,(H,12,13). The molecule has 72 valence electrons. The summed E-state index contributed by atoms with van der Waals surface area (Å²) in [7, 11) is 0. The molecule has 0 fully saturated rings. The highest BCUT2D eigenvalue weighted by atomic mass is 16.5. The van der Waals surface area contributed by atoms with Crippen molar-refractivity contribution < 1.29 is 4.74 Å². The normalized spacial score (nSPS) is 10.1. The molecule has 0 bridgehead atoms. The van der Waals surface area contributed by atoms with E-state index in [2.05, 4.69) is 10.2 Å². The maximum absolute atomic E-state index is 5.57. The van der Waals surface area contributed by atoms with Gasteiger partial charge in [0.15, 0.2) is 0 Å². The molecule has 0 saturated heterocycles. The van der Waals surface area contributed by atoms with Crippen LogP contribution in [0.3, 0.4) is 0 Å². The first-order valence-electron chi connectivity index (χ1n) is 4.52. The van der Waals surface area contributed by atoms with Crippen molar-refractivity contribution in [3.05, 3.63) is 47.8 Å². The topological polar surface area (TPSA) is 37.9 Å². The summed E-state index contributed by atoms with van der Waals surface area (Å²) in [6.07, 6.45) is 3.59. The summed E-state index contributed by atoms with van der Waals surface area (Å²) in [5.41, 5.74) is 2.25. The number of nitrogens with zero attached hydrogens (tertiary/aromatic N) is 1. The van der Waals surface area contributed by atoms with Crippen LogP contribution in [0.25, 0.3) is 0 Å². The molecule has 2 aromatic rings. The minimum absolute atomic E-state index is 0.556. The fourth-order valence-corrected chi connectivity index (χ4v) is 1.23. The SMILES string of the molecule is Cc1cccc(OCc2cn[nH]c2)c1. The first-order chi connectivity index (χ1) is 6.84. The Bertz CT molecular complexity index is 395. The maximum atomic E-state index is 5.57. The first-order valence-corrected chi connectivity index (χ1v) is 4.52. The molecule has 0 aliphatic carbocycles. The zero-order chi connectivity index (χ0) is 9.80. The summed E-state index contributed by atoms with van der Waals surface area (Å²) < 4.78 is 5.57. The van der Waals surface area contributed by atoms with E-state index in [0.717, 1.165) is 11.3 Å². The largest absolute Gasteiger partial charge is 0.489 e. The van der Waals surface area contributed by atoms with E-state index in [9.17, 15) is 0 Å². The van der Waals surface area contributed by atoms with Gasteiger partial charge in [0, 0.05) is 11.8 Å². The van der Waals surface area contributed by atoms with Crippen LogP contribution >= 0.6 is 0 Å². The van der Waals surface area contributed by atoms with Crippen molar-refractivity contribution in [1.29, 1.82) is 0 Å². The van der Waals surface area contributed by atoms with Crippen LogP contribution in [0.1, 0.15) is 11.1 Å². The first kappa shape index (κ1) is 8.81. The molecule has 0 amide bonds. The molecule has 0 spiro atoms. The summed E-state index contributed by atoms with van der Waals surface area (Å²) in [4.78, 5) is 0. The Morgan fingerprint density at radius 2 is 2.36 bits per heavy atom. The van der Waals surface area contributed by atoms with Crippen LogP contribution in [0.4, 0.5) is 0 Å². The average Bonchev–Trinajstić information content (AvgIpc) is 2.67. The van der Waals surface area contributed by atoms with Crippen molar-refractivity contribution in [1.82, 2.24) is 10.2 Å². The monoisotopic (exact) mass is 188 g/mol. The molecule has 1 heterocycles. The molecule has 0 radical (unpaired) electrons. The highest BCUT2D eigenvalue weighted by Gasteiger charge is 1.96. The van der Waals surface area contributed by atoms with Gasteiger partial charge < -0.3 is 4.74 Å². The van der Waals surface area contributed by atoms with Gasteiger partial charge in [0.1, 0.15) is 12.4 Å². The van der Waals surface area contributed by atoms with E-state index in [4.69, 9.17) is 4.74 Å². The fraction of sp³-hybridized carbons (Fsp3) is 0.182. The van der Waals surface area contributed by atoms with E-state index in [1.807, 2.05) is 37.4 Å². The van der Waals surface area contributed by atoms with E-state index < -0.39 is 0 Å². The van der Waals surface area contributed by atoms with Gasteiger partial charge in [-0.2, -0.15) is 5.10 Å². The Morgan fingerprint density at radius 3 is 3.07 bits per heavy atom. The highest BCUT2D eigenvalue weighted by molar-refractivity contribution is 5.27. The molecule has 3 nitrogen and oxygen atoms in total. The lowest BCUT2D eigenvalue weighted by atomic mass is 10.2. The van der Waals surface area contributed by atoms with Crippen molar-refractivity contribution in [2.75, 3.05) is 0 Å². The molecule has 0 saturated carbocycles. The Kier molecular flexibility index (Phi) is 2.49. The van der Waals surface area contributed by atoms with Crippen LogP contribution in [0.15, 0.2) is 36.7 Å². The van der Waals surface area contributed by atoms with Crippen LogP contribution in [-0.2, 0) is 6.61 Å². The van der Waals surface area contributed by atoms with Crippen molar-refractivity contribution in [3.8, 4) is 5.75 Å². The Hall–Kier alpha value is -1.77. The van der Waals surface area contributed by atoms with E-state index in [-0.39, 0.29) is 0 Å². The van der Waals surface area contributed by atoms with Crippen LogP contribution in [0.5, 0.6) is 5.75 Å². The van der Waals surface area contributed by atoms with Crippen LogP contribution in [-0.4, -0.2) is 10.2 Å². The fourth-order valence-electron chi connectivity index (χ4n) is 1.23. The molecule has 3 heteroatoms. The van der Waals surface area contributed by atoms with Crippen LogP contribution < -0.4 is 4.74 Å². The van der Waals surface area contributed by atoms with Gasteiger partial charge in [-0.15, -0.1) is 0 Å². The molecule has 2 rings (SSSR count). The van der Waals surface area contributed by atoms with Gasteiger partial charge in [0.05, 0.1) is 6.20 Å². The average molecular weight is 188 g/mol. The molecular weight excluding hydrogens is 176 g/mol. The minimum Gasteiger partial charge on any atom is -0.489 e. The third-order valence-electron chi connectivity index (χ3n) is 1.95. The summed E-state index contributed by atoms with van der Waals surface area (Å²) in [5.74, 6) is 0.895. The number of ether oxygens (including phenoxy) is 1. The van der Waals surface area contributed by atoms with Gasteiger partial charge in [-0.3, -0.25) is 5.10 Å². The van der Waals surface area contributed by atoms with Crippen molar-refractivity contribution in [2.45, 2.75) is 13.5 Å². The number of hydrogen-bond donors (Lipinski definition) is 1. The number of rotatable bonds is 3. The van der Waals surface area contributed by atoms with E-state index in [1.165, 1.54) is 5.56 Å². The van der Waals surface area contributed by atoms with E-state index in [1.54, 1.807) is 6.20 Å². The van der Waals surface area contributed by atoms with E-state index >= 15 is 0 Å². The quantitative estimate of drug-likeness (QED) is 0.802. The number of aromatic amines is 1. The predicted octanol–water partition coefficient (Wildman–Crippen LogP) is 2.30. The van der Waals surface area contributed by atoms with E-state index in [0.29, 0.717) is 6.61 Å². The molecule has 1 aromatic heterocycles. The highest BCUT2D eigenvalue weighted by Crippen LogP contribution is 2.13. The third-order valence-corrected chi connectivity index (χ3v) is 1.95.